The van der Waals surface area contributed by atoms with E-state index in [1.807, 2.05) is 99.6 Å². The summed E-state index contributed by atoms with van der Waals surface area (Å²) in [6.45, 7) is 6.25. The second-order valence-corrected chi connectivity index (χ2v) is 8.90. The molecule has 0 saturated carbocycles. The van der Waals surface area contributed by atoms with Crippen molar-refractivity contribution in [2.24, 2.45) is 0 Å². The van der Waals surface area contributed by atoms with Crippen LogP contribution in [0.5, 0.6) is 5.75 Å². The minimum atomic E-state index is -0.628. The van der Waals surface area contributed by atoms with E-state index in [2.05, 4.69) is 5.32 Å². The van der Waals surface area contributed by atoms with Crippen LogP contribution >= 0.6 is 0 Å². The summed E-state index contributed by atoms with van der Waals surface area (Å²) in [5.41, 5.74) is 4.03. The average Bonchev–Trinajstić information content (AvgIpc) is 2.83. The molecule has 1 unspecified atom stereocenters. The lowest BCUT2D eigenvalue weighted by Gasteiger charge is -2.32. The van der Waals surface area contributed by atoms with Gasteiger partial charge >= 0.3 is 0 Å². The maximum Gasteiger partial charge on any atom is 0.243 e. The Morgan fingerprint density at radius 1 is 0.853 bits per heavy atom. The molecule has 0 heterocycles. The van der Waals surface area contributed by atoms with Crippen molar-refractivity contribution in [2.45, 2.75) is 52.2 Å². The number of carbonyl (C=O) groups is 2. The molecule has 0 aliphatic heterocycles. The Morgan fingerprint density at radius 3 is 2.06 bits per heavy atom. The number of nitrogens with zero attached hydrogens (tertiary/aromatic N) is 1. The van der Waals surface area contributed by atoms with Crippen molar-refractivity contribution in [3.63, 3.8) is 0 Å². The van der Waals surface area contributed by atoms with Crippen molar-refractivity contribution in [3.05, 3.63) is 101 Å². The zero-order chi connectivity index (χ0) is 24.5. The highest BCUT2D eigenvalue weighted by Gasteiger charge is 2.30. The Kier molecular flexibility index (Phi) is 8.86. The summed E-state index contributed by atoms with van der Waals surface area (Å²) in [6, 6.07) is 24.8. The maximum absolute atomic E-state index is 13.7. The topological polar surface area (TPSA) is 58.6 Å². The van der Waals surface area contributed by atoms with Crippen molar-refractivity contribution >= 4 is 11.8 Å². The minimum absolute atomic E-state index is 0.0244. The van der Waals surface area contributed by atoms with Crippen molar-refractivity contribution in [1.29, 1.82) is 0 Å². The number of ether oxygens (including phenoxy) is 1. The van der Waals surface area contributed by atoms with E-state index in [1.165, 1.54) is 0 Å². The molecule has 2 amide bonds. The van der Waals surface area contributed by atoms with Gasteiger partial charge in [-0.15, -0.1) is 0 Å². The van der Waals surface area contributed by atoms with Crippen LogP contribution in [0, 0.1) is 6.92 Å². The summed E-state index contributed by atoms with van der Waals surface area (Å²) < 4.78 is 5.23. The summed E-state index contributed by atoms with van der Waals surface area (Å²) in [5.74, 6) is 0.505. The summed E-state index contributed by atoms with van der Waals surface area (Å²) in [6.07, 6.45) is 0.649. The van der Waals surface area contributed by atoms with E-state index in [1.54, 1.807) is 12.0 Å². The molecule has 3 rings (SSSR count). The second kappa shape index (κ2) is 12.0. The molecule has 1 atom stereocenters. The quantitative estimate of drug-likeness (QED) is 0.479. The molecule has 0 aliphatic rings. The Bertz CT molecular complexity index is 1060. The van der Waals surface area contributed by atoms with Crippen LogP contribution in [0.15, 0.2) is 78.9 Å². The predicted octanol–water partition coefficient (Wildman–Crippen LogP) is 4.71. The van der Waals surface area contributed by atoms with Gasteiger partial charge in [-0.25, -0.2) is 0 Å². The Hall–Kier alpha value is -3.60. The fraction of sp³-hybridized carbons (Fsp3) is 0.310. The number of nitrogens with one attached hydrogen (secondary N) is 1. The molecule has 3 aromatic carbocycles. The van der Waals surface area contributed by atoms with E-state index in [4.69, 9.17) is 4.74 Å². The Balaban J connectivity index is 1.94. The third kappa shape index (κ3) is 7.20. The molecule has 0 fully saturated rings. The van der Waals surface area contributed by atoms with Crippen LogP contribution in [0.1, 0.15) is 36.1 Å². The molecule has 5 heteroatoms. The normalized spacial score (nSPS) is 11.7. The number of benzene rings is 3. The first-order chi connectivity index (χ1) is 16.4. The molecule has 0 aliphatic carbocycles. The summed E-state index contributed by atoms with van der Waals surface area (Å²) in [7, 11) is 1.62. The van der Waals surface area contributed by atoms with Crippen LogP contribution < -0.4 is 10.1 Å². The first kappa shape index (κ1) is 25.0. The van der Waals surface area contributed by atoms with Crippen molar-refractivity contribution in [2.75, 3.05) is 7.11 Å². The third-order valence-corrected chi connectivity index (χ3v) is 5.69. The number of amides is 2. The highest BCUT2D eigenvalue weighted by atomic mass is 16.5. The van der Waals surface area contributed by atoms with Gasteiger partial charge in [-0.1, -0.05) is 72.3 Å². The lowest BCUT2D eigenvalue weighted by atomic mass is 10.0. The van der Waals surface area contributed by atoms with Crippen molar-refractivity contribution in [3.8, 4) is 5.75 Å². The molecule has 3 aromatic rings. The van der Waals surface area contributed by atoms with Crippen LogP contribution in [0.25, 0.3) is 0 Å². The van der Waals surface area contributed by atoms with E-state index in [9.17, 15) is 9.59 Å². The molecule has 0 spiro atoms. The molecule has 0 radical (unpaired) electrons. The standard InChI is InChI=1S/C29H34N2O3/c1-21(2)30-29(33)27(18-23-8-6-5-7-9-23)31(20-25-12-10-22(3)11-13-25)28(32)19-24-14-16-26(34-4)17-15-24/h5-17,21,27H,18-20H2,1-4H3,(H,30,33). The van der Waals surface area contributed by atoms with Gasteiger partial charge in [-0.2, -0.15) is 0 Å². The van der Waals surface area contributed by atoms with Crippen LogP contribution in [-0.2, 0) is 29.0 Å². The van der Waals surface area contributed by atoms with Crippen LogP contribution in [0.2, 0.25) is 0 Å². The van der Waals surface area contributed by atoms with E-state index < -0.39 is 6.04 Å². The number of methoxy groups -OCH3 is 1. The fourth-order valence-electron chi connectivity index (χ4n) is 3.84. The summed E-state index contributed by atoms with van der Waals surface area (Å²) >= 11 is 0. The van der Waals surface area contributed by atoms with Crippen LogP contribution in [0.4, 0.5) is 0 Å². The molecule has 0 saturated heterocycles. The zero-order valence-corrected chi connectivity index (χ0v) is 20.5. The molecule has 5 nitrogen and oxygen atoms in total. The van der Waals surface area contributed by atoms with Crippen molar-refractivity contribution in [1.82, 2.24) is 10.2 Å². The first-order valence-electron chi connectivity index (χ1n) is 11.7. The van der Waals surface area contributed by atoms with Gasteiger partial charge in [0, 0.05) is 19.0 Å². The monoisotopic (exact) mass is 458 g/mol. The van der Waals surface area contributed by atoms with Crippen LogP contribution in [0.3, 0.4) is 0 Å². The maximum atomic E-state index is 13.7. The van der Waals surface area contributed by atoms with Crippen LogP contribution in [-0.4, -0.2) is 35.9 Å². The van der Waals surface area contributed by atoms with Gasteiger partial charge in [0.25, 0.3) is 0 Å². The lowest BCUT2D eigenvalue weighted by molar-refractivity contribution is -0.141. The van der Waals surface area contributed by atoms with Gasteiger partial charge in [0.1, 0.15) is 11.8 Å². The van der Waals surface area contributed by atoms with E-state index in [-0.39, 0.29) is 24.3 Å². The average molecular weight is 459 g/mol. The lowest BCUT2D eigenvalue weighted by Crippen LogP contribution is -2.52. The van der Waals surface area contributed by atoms with E-state index in [0.29, 0.717) is 13.0 Å². The van der Waals surface area contributed by atoms with Gasteiger partial charge in [0.05, 0.1) is 13.5 Å². The SMILES string of the molecule is COc1ccc(CC(=O)N(Cc2ccc(C)cc2)C(Cc2ccccc2)C(=O)NC(C)C)cc1. The van der Waals surface area contributed by atoms with Crippen molar-refractivity contribution < 1.29 is 14.3 Å². The molecular weight excluding hydrogens is 424 g/mol. The second-order valence-electron chi connectivity index (χ2n) is 8.90. The zero-order valence-electron chi connectivity index (χ0n) is 20.5. The minimum Gasteiger partial charge on any atom is -0.497 e. The van der Waals surface area contributed by atoms with E-state index >= 15 is 0 Å². The summed E-state index contributed by atoms with van der Waals surface area (Å²) in [4.78, 5) is 28.8. The molecule has 1 N–H and O–H groups in total. The van der Waals surface area contributed by atoms with Gasteiger partial charge in [-0.3, -0.25) is 9.59 Å². The fourth-order valence-corrected chi connectivity index (χ4v) is 3.84. The van der Waals surface area contributed by atoms with E-state index in [0.717, 1.165) is 28.0 Å². The summed E-state index contributed by atoms with van der Waals surface area (Å²) in [5, 5.41) is 3.02. The van der Waals surface area contributed by atoms with Gasteiger partial charge < -0.3 is 15.0 Å². The molecular formula is C29H34N2O3. The molecule has 0 aromatic heterocycles. The highest BCUT2D eigenvalue weighted by molar-refractivity contribution is 5.89. The van der Waals surface area contributed by atoms with Gasteiger partial charge in [-0.05, 0) is 49.6 Å². The number of rotatable bonds is 10. The smallest absolute Gasteiger partial charge is 0.243 e. The largest absolute Gasteiger partial charge is 0.497 e. The molecule has 178 valence electrons. The molecule has 0 bridgehead atoms. The van der Waals surface area contributed by atoms with Gasteiger partial charge in [0.2, 0.25) is 11.8 Å². The first-order valence-corrected chi connectivity index (χ1v) is 11.7. The highest BCUT2D eigenvalue weighted by Crippen LogP contribution is 2.18. The molecule has 34 heavy (non-hydrogen) atoms. The Labute approximate surface area is 202 Å². The number of aryl methyl sites for hydroxylation is 1. The third-order valence-electron chi connectivity index (χ3n) is 5.69. The van der Waals surface area contributed by atoms with Gasteiger partial charge in [0.15, 0.2) is 0 Å². The number of carbonyl (C=O) groups excluding carboxylic acids is 2. The predicted molar refractivity (Wildman–Crippen MR) is 136 cm³/mol. The number of hydrogen-bond donors (Lipinski definition) is 1. The Morgan fingerprint density at radius 2 is 1.47 bits per heavy atom. The number of hydrogen-bond acceptors (Lipinski definition) is 3.